The predicted molar refractivity (Wildman–Crippen MR) is 61.2 cm³/mol. The van der Waals surface area contributed by atoms with E-state index in [1.54, 1.807) is 0 Å². The van der Waals surface area contributed by atoms with Crippen molar-refractivity contribution >= 4 is 0 Å². The average molecular weight is 192 g/mol. The summed E-state index contributed by atoms with van der Waals surface area (Å²) in [6.07, 6.45) is 0. The molecule has 0 spiro atoms. The lowest BCUT2D eigenvalue weighted by molar-refractivity contribution is 0.504. The molecule has 0 aliphatic rings. The third-order valence-electron chi connectivity index (χ3n) is 2.88. The SMILES string of the molecule is Cc1cc(C)c(C(C)(N)CN)cc1C. The van der Waals surface area contributed by atoms with Crippen molar-refractivity contribution in [2.75, 3.05) is 6.54 Å². The molecule has 1 atom stereocenters. The lowest BCUT2D eigenvalue weighted by Crippen LogP contribution is -2.41. The Bertz CT molecular complexity index is 340. The fraction of sp³-hybridized carbons (Fsp3) is 0.500. The maximum Gasteiger partial charge on any atom is 0.0507 e. The van der Waals surface area contributed by atoms with E-state index in [1.165, 1.54) is 16.7 Å². The first-order valence-electron chi connectivity index (χ1n) is 4.96. The monoisotopic (exact) mass is 192 g/mol. The van der Waals surface area contributed by atoms with Gasteiger partial charge < -0.3 is 11.5 Å². The summed E-state index contributed by atoms with van der Waals surface area (Å²) >= 11 is 0. The molecule has 78 valence electrons. The van der Waals surface area contributed by atoms with Gasteiger partial charge in [-0.25, -0.2) is 0 Å². The molecule has 1 aromatic rings. The van der Waals surface area contributed by atoms with Crippen LogP contribution < -0.4 is 11.5 Å². The zero-order valence-electron chi connectivity index (χ0n) is 9.52. The van der Waals surface area contributed by atoms with E-state index in [0.717, 1.165) is 5.56 Å². The van der Waals surface area contributed by atoms with Crippen LogP contribution in [0, 0.1) is 20.8 Å². The minimum atomic E-state index is -0.414. The molecule has 0 aromatic heterocycles. The molecule has 0 saturated heterocycles. The lowest BCUT2D eigenvalue weighted by Gasteiger charge is -2.26. The molecule has 0 amide bonds. The molecule has 14 heavy (non-hydrogen) atoms. The second-order valence-electron chi connectivity index (χ2n) is 4.37. The molecule has 4 N–H and O–H groups in total. The van der Waals surface area contributed by atoms with Crippen LogP contribution in [0.5, 0.6) is 0 Å². The van der Waals surface area contributed by atoms with Gasteiger partial charge in [0.15, 0.2) is 0 Å². The normalized spacial score (nSPS) is 15.3. The van der Waals surface area contributed by atoms with E-state index in [4.69, 9.17) is 11.5 Å². The highest BCUT2D eigenvalue weighted by Gasteiger charge is 2.21. The van der Waals surface area contributed by atoms with Crippen LogP contribution in [0.2, 0.25) is 0 Å². The quantitative estimate of drug-likeness (QED) is 0.750. The average Bonchev–Trinajstić information content (AvgIpc) is 2.11. The van der Waals surface area contributed by atoms with Gasteiger partial charge in [0, 0.05) is 6.54 Å². The van der Waals surface area contributed by atoms with Crippen LogP contribution in [0.25, 0.3) is 0 Å². The van der Waals surface area contributed by atoms with Crippen LogP contribution in [0.3, 0.4) is 0 Å². The van der Waals surface area contributed by atoms with E-state index in [-0.39, 0.29) is 0 Å². The van der Waals surface area contributed by atoms with Crippen molar-refractivity contribution in [3.63, 3.8) is 0 Å². The van der Waals surface area contributed by atoms with Crippen LogP contribution in [-0.4, -0.2) is 6.54 Å². The number of aryl methyl sites for hydroxylation is 3. The lowest BCUT2D eigenvalue weighted by atomic mass is 9.87. The Kier molecular flexibility index (Phi) is 2.98. The Morgan fingerprint density at radius 3 is 2.07 bits per heavy atom. The van der Waals surface area contributed by atoms with Crippen LogP contribution in [0.15, 0.2) is 12.1 Å². The predicted octanol–water partition coefficient (Wildman–Crippen LogP) is 1.74. The summed E-state index contributed by atoms with van der Waals surface area (Å²) in [4.78, 5) is 0. The van der Waals surface area contributed by atoms with Gasteiger partial charge in [0.05, 0.1) is 5.54 Å². The second-order valence-corrected chi connectivity index (χ2v) is 4.37. The van der Waals surface area contributed by atoms with Crippen LogP contribution in [0.1, 0.15) is 29.2 Å². The minimum Gasteiger partial charge on any atom is -0.328 e. The van der Waals surface area contributed by atoms with E-state index >= 15 is 0 Å². The molecular formula is C12H20N2. The summed E-state index contributed by atoms with van der Waals surface area (Å²) < 4.78 is 0. The number of benzene rings is 1. The molecule has 0 fully saturated rings. The molecule has 1 unspecified atom stereocenters. The van der Waals surface area contributed by atoms with Crippen molar-refractivity contribution in [3.8, 4) is 0 Å². The molecule has 1 aromatic carbocycles. The number of rotatable bonds is 2. The molecule has 0 aliphatic heterocycles. The summed E-state index contributed by atoms with van der Waals surface area (Å²) in [5.74, 6) is 0. The fourth-order valence-electron chi connectivity index (χ4n) is 1.69. The minimum absolute atomic E-state index is 0.414. The van der Waals surface area contributed by atoms with Gasteiger partial charge in [-0.15, -0.1) is 0 Å². The topological polar surface area (TPSA) is 52.0 Å². The van der Waals surface area contributed by atoms with Gasteiger partial charge in [-0.1, -0.05) is 12.1 Å². The summed E-state index contributed by atoms with van der Waals surface area (Å²) in [6, 6.07) is 4.32. The molecule has 0 radical (unpaired) electrons. The maximum absolute atomic E-state index is 6.13. The summed E-state index contributed by atoms with van der Waals surface area (Å²) in [5, 5.41) is 0. The van der Waals surface area contributed by atoms with E-state index in [1.807, 2.05) is 6.92 Å². The first-order valence-corrected chi connectivity index (χ1v) is 4.96. The highest BCUT2D eigenvalue weighted by atomic mass is 14.8. The molecule has 2 nitrogen and oxygen atoms in total. The molecular weight excluding hydrogens is 172 g/mol. The van der Waals surface area contributed by atoms with Gasteiger partial charge in [-0.3, -0.25) is 0 Å². The Labute approximate surface area is 86.3 Å². The van der Waals surface area contributed by atoms with Crippen molar-refractivity contribution in [3.05, 3.63) is 34.4 Å². The van der Waals surface area contributed by atoms with Crippen molar-refractivity contribution < 1.29 is 0 Å². The highest BCUT2D eigenvalue weighted by Crippen LogP contribution is 2.23. The number of hydrogen-bond acceptors (Lipinski definition) is 2. The largest absolute Gasteiger partial charge is 0.328 e. The van der Waals surface area contributed by atoms with Crippen LogP contribution in [0.4, 0.5) is 0 Å². The third-order valence-corrected chi connectivity index (χ3v) is 2.88. The highest BCUT2D eigenvalue weighted by molar-refractivity contribution is 5.40. The smallest absolute Gasteiger partial charge is 0.0507 e. The molecule has 0 heterocycles. The second kappa shape index (κ2) is 3.71. The van der Waals surface area contributed by atoms with Gasteiger partial charge in [0.2, 0.25) is 0 Å². The number of nitrogens with two attached hydrogens (primary N) is 2. The Morgan fingerprint density at radius 1 is 1.07 bits per heavy atom. The third kappa shape index (κ3) is 1.97. The Morgan fingerprint density at radius 2 is 1.57 bits per heavy atom. The molecule has 1 rings (SSSR count). The zero-order valence-corrected chi connectivity index (χ0v) is 9.52. The molecule has 0 saturated carbocycles. The summed E-state index contributed by atoms with van der Waals surface area (Å²) in [7, 11) is 0. The van der Waals surface area contributed by atoms with E-state index in [9.17, 15) is 0 Å². The van der Waals surface area contributed by atoms with Crippen LogP contribution in [-0.2, 0) is 5.54 Å². The van der Waals surface area contributed by atoms with Gasteiger partial charge in [-0.05, 0) is 49.9 Å². The standard InChI is InChI=1S/C12H20N2/c1-8-5-10(3)11(6-9(8)2)12(4,14)7-13/h5-6H,7,13-14H2,1-4H3. The van der Waals surface area contributed by atoms with Crippen LogP contribution >= 0.6 is 0 Å². The molecule has 0 aliphatic carbocycles. The Balaban J connectivity index is 3.29. The van der Waals surface area contributed by atoms with Crippen molar-refractivity contribution in [1.29, 1.82) is 0 Å². The Hall–Kier alpha value is -0.860. The fourth-order valence-corrected chi connectivity index (χ4v) is 1.69. The maximum atomic E-state index is 6.13. The summed E-state index contributed by atoms with van der Waals surface area (Å²) in [5.41, 5.74) is 16.3. The number of hydrogen-bond donors (Lipinski definition) is 2. The van der Waals surface area contributed by atoms with Gasteiger partial charge >= 0.3 is 0 Å². The van der Waals surface area contributed by atoms with E-state index in [0.29, 0.717) is 6.54 Å². The van der Waals surface area contributed by atoms with Crippen molar-refractivity contribution in [2.45, 2.75) is 33.2 Å². The van der Waals surface area contributed by atoms with E-state index < -0.39 is 5.54 Å². The molecule has 2 heteroatoms. The summed E-state index contributed by atoms with van der Waals surface area (Å²) in [6.45, 7) is 8.75. The van der Waals surface area contributed by atoms with Gasteiger partial charge in [0.1, 0.15) is 0 Å². The first-order chi connectivity index (χ1) is 6.38. The zero-order chi connectivity index (χ0) is 10.9. The van der Waals surface area contributed by atoms with Gasteiger partial charge in [0.25, 0.3) is 0 Å². The van der Waals surface area contributed by atoms with Crippen molar-refractivity contribution in [2.24, 2.45) is 11.5 Å². The van der Waals surface area contributed by atoms with Crippen molar-refractivity contribution in [1.82, 2.24) is 0 Å². The van der Waals surface area contributed by atoms with Gasteiger partial charge in [-0.2, -0.15) is 0 Å². The van der Waals surface area contributed by atoms with E-state index in [2.05, 4.69) is 32.9 Å². The first kappa shape index (κ1) is 11.2. The molecule has 0 bridgehead atoms.